The molecule has 0 spiro atoms. The van der Waals surface area contributed by atoms with Gasteiger partial charge in [0.05, 0.1) is 18.3 Å². The fourth-order valence-electron chi connectivity index (χ4n) is 3.38. The molecule has 0 aromatic heterocycles. The number of hydrogen-bond acceptors (Lipinski definition) is 4. The zero-order chi connectivity index (χ0) is 17.0. The molecule has 3 atom stereocenters. The Kier molecular flexibility index (Phi) is 6.87. The third-order valence-corrected chi connectivity index (χ3v) is 4.58. The Morgan fingerprint density at radius 1 is 1.18 bits per heavy atom. The molecule has 130 valence electrons. The van der Waals surface area contributed by atoms with Crippen molar-refractivity contribution in [2.45, 2.75) is 91.0 Å². The van der Waals surface area contributed by atoms with Gasteiger partial charge in [-0.1, -0.05) is 27.7 Å². The summed E-state index contributed by atoms with van der Waals surface area (Å²) in [6.07, 6.45) is 3.49. The molecule has 0 bridgehead atoms. The number of carbonyl (C=O) groups is 1. The molecule has 0 radical (unpaired) electrons. The Morgan fingerprint density at radius 3 is 2.32 bits per heavy atom. The smallest absolute Gasteiger partial charge is 0.306 e. The molecule has 1 aliphatic rings. The normalized spacial score (nSPS) is 30.6. The van der Waals surface area contributed by atoms with Crippen LogP contribution >= 0.6 is 0 Å². The molecule has 1 aliphatic carbocycles. The quantitative estimate of drug-likeness (QED) is 0.728. The van der Waals surface area contributed by atoms with E-state index in [1.165, 1.54) is 0 Å². The minimum absolute atomic E-state index is 0.118. The van der Waals surface area contributed by atoms with Gasteiger partial charge >= 0.3 is 5.97 Å². The number of aliphatic hydroxyl groups excluding tert-OH is 1. The minimum atomic E-state index is -0.479. The molecule has 1 saturated carbocycles. The zero-order valence-electron chi connectivity index (χ0n) is 15.1. The maximum atomic E-state index is 12.1. The molecule has 0 amide bonds. The van der Waals surface area contributed by atoms with Crippen LogP contribution in [0.3, 0.4) is 0 Å². The van der Waals surface area contributed by atoms with Crippen molar-refractivity contribution < 1.29 is 19.4 Å². The topological polar surface area (TPSA) is 55.8 Å². The first kappa shape index (κ1) is 19.4. The van der Waals surface area contributed by atoms with E-state index in [0.29, 0.717) is 31.3 Å². The lowest BCUT2D eigenvalue weighted by Gasteiger charge is -2.48. The van der Waals surface area contributed by atoms with Crippen LogP contribution in [-0.4, -0.2) is 35.0 Å². The Morgan fingerprint density at radius 2 is 1.82 bits per heavy atom. The highest BCUT2D eigenvalue weighted by Crippen LogP contribution is 2.44. The summed E-state index contributed by atoms with van der Waals surface area (Å²) in [6.45, 7) is 12.4. The van der Waals surface area contributed by atoms with Crippen molar-refractivity contribution in [2.75, 3.05) is 6.61 Å². The fraction of sp³-hybridized carbons (Fsp3) is 0.944. The van der Waals surface area contributed by atoms with Crippen LogP contribution in [0.15, 0.2) is 0 Å². The van der Waals surface area contributed by atoms with E-state index >= 15 is 0 Å². The van der Waals surface area contributed by atoms with Crippen LogP contribution in [0.25, 0.3) is 0 Å². The predicted molar refractivity (Wildman–Crippen MR) is 87.6 cm³/mol. The lowest BCUT2D eigenvalue weighted by molar-refractivity contribution is -0.190. The number of esters is 1. The van der Waals surface area contributed by atoms with E-state index in [-0.39, 0.29) is 11.6 Å². The van der Waals surface area contributed by atoms with Crippen LogP contribution < -0.4 is 0 Å². The summed E-state index contributed by atoms with van der Waals surface area (Å²) in [6, 6.07) is 0. The zero-order valence-corrected chi connectivity index (χ0v) is 15.1. The standard InChI is InChI=1S/C18H34O4/c1-13(2)10-16(20)22-17(6)8-7-9-18(12-17,14(3)4)21-11-15(5)19/h13-15,19H,7-12H2,1-6H3. The van der Waals surface area contributed by atoms with Crippen molar-refractivity contribution >= 4 is 5.97 Å². The van der Waals surface area contributed by atoms with Crippen LogP contribution in [0.2, 0.25) is 0 Å². The highest BCUT2D eigenvalue weighted by molar-refractivity contribution is 5.70. The summed E-state index contributed by atoms with van der Waals surface area (Å²) in [5, 5.41) is 9.54. The molecule has 0 heterocycles. The van der Waals surface area contributed by atoms with Gasteiger partial charge in [0.15, 0.2) is 0 Å². The van der Waals surface area contributed by atoms with Gasteiger partial charge in [-0.05, 0) is 44.9 Å². The molecule has 0 saturated heterocycles. The van der Waals surface area contributed by atoms with Crippen molar-refractivity contribution in [3.8, 4) is 0 Å². The van der Waals surface area contributed by atoms with Gasteiger partial charge in [-0.25, -0.2) is 0 Å². The maximum absolute atomic E-state index is 12.1. The molecule has 22 heavy (non-hydrogen) atoms. The summed E-state index contributed by atoms with van der Waals surface area (Å²) >= 11 is 0. The van der Waals surface area contributed by atoms with E-state index in [9.17, 15) is 9.90 Å². The van der Waals surface area contributed by atoms with Crippen molar-refractivity contribution in [1.29, 1.82) is 0 Å². The number of rotatable bonds is 7. The average molecular weight is 314 g/mol. The summed E-state index contributed by atoms with van der Waals surface area (Å²) in [7, 11) is 0. The lowest BCUT2D eigenvalue weighted by Crippen LogP contribution is -2.51. The molecule has 0 aromatic rings. The van der Waals surface area contributed by atoms with Gasteiger partial charge in [0.2, 0.25) is 0 Å². The molecular formula is C18H34O4. The van der Waals surface area contributed by atoms with E-state index in [0.717, 1.165) is 19.3 Å². The van der Waals surface area contributed by atoms with Crippen LogP contribution in [0.1, 0.15) is 73.6 Å². The van der Waals surface area contributed by atoms with Crippen LogP contribution in [0.5, 0.6) is 0 Å². The Labute approximate surface area is 135 Å². The summed E-state index contributed by atoms with van der Waals surface area (Å²) in [5.41, 5.74) is -0.782. The second kappa shape index (κ2) is 7.78. The second-order valence-corrected chi connectivity index (χ2v) is 7.93. The average Bonchev–Trinajstić information content (AvgIpc) is 2.34. The molecule has 3 unspecified atom stereocenters. The van der Waals surface area contributed by atoms with Gasteiger partial charge in [-0.2, -0.15) is 0 Å². The SMILES string of the molecule is CC(C)CC(=O)OC1(C)CCCC(OCC(C)O)(C(C)C)C1. The summed E-state index contributed by atoms with van der Waals surface area (Å²) in [5.74, 6) is 0.503. The molecule has 0 aromatic carbocycles. The van der Waals surface area contributed by atoms with E-state index in [4.69, 9.17) is 9.47 Å². The van der Waals surface area contributed by atoms with Crippen molar-refractivity contribution in [3.63, 3.8) is 0 Å². The molecule has 4 nitrogen and oxygen atoms in total. The molecule has 4 heteroatoms. The van der Waals surface area contributed by atoms with Gasteiger partial charge in [0.1, 0.15) is 5.60 Å². The third kappa shape index (κ3) is 5.54. The molecule has 1 N–H and O–H groups in total. The van der Waals surface area contributed by atoms with Crippen LogP contribution in [-0.2, 0) is 14.3 Å². The highest BCUT2D eigenvalue weighted by atomic mass is 16.6. The van der Waals surface area contributed by atoms with Crippen molar-refractivity contribution in [3.05, 3.63) is 0 Å². The predicted octanol–water partition coefficient (Wildman–Crippen LogP) is 3.70. The third-order valence-electron chi connectivity index (χ3n) is 4.58. The second-order valence-electron chi connectivity index (χ2n) is 7.93. The van der Waals surface area contributed by atoms with E-state index in [2.05, 4.69) is 13.8 Å². The first-order chi connectivity index (χ1) is 10.1. The maximum Gasteiger partial charge on any atom is 0.306 e. The minimum Gasteiger partial charge on any atom is -0.459 e. The highest BCUT2D eigenvalue weighted by Gasteiger charge is 2.47. The van der Waals surface area contributed by atoms with Gasteiger partial charge in [0.25, 0.3) is 0 Å². The summed E-state index contributed by atoms with van der Waals surface area (Å²) in [4.78, 5) is 12.1. The van der Waals surface area contributed by atoms with Crippen molar-refractivity contribution in [1.82, 2.24) is 0 Å². The van der Waals surface area contributed by atoms with E-state index in [1.807, 2.05) is 20.8 Å². The van der Waals surface area contributed by atoms with Crippen molar-refractivity contribution in [2.24, 2.45) is 11.8 Å². The first-order valence-electron chi connectivity index (χ1n) is 8.62. The van der Waals surface area contributed by atoms with Gasteiger partial charge in [-0.3, -0.25) is 4.79 Å². The monoisotopic (exact) mass is 314 g/mol. The number of ether oxygens (including phenoxy) is 2. The lowest BCUT2D eigenvalue weighted by atomic mass is 9.70. The Balaban J connectivity index is 2.79. The molecular weight excluding hydrogens is 280 g/mol. The first-order valence-corrected chi connectivity index (χ1v) is 8.62. The van der Waals surface area contributed by atoms with E-state index in [1.54, 1.807) is 6.92 Å². The molecule has 1 rings (SSSR count). The summed E-state index contributed by atoms with van der Waals surface area (Å²) < 4.78 is 11.9. The van der Waals surface area contributed by atoms with Gasteiger partial charge < -0.3 is 14.6 Å². The number of hydrogen-bond donors (Lipinski definition) is 1. The van der Waals surface area contributed by atoms with Gasteiger partial charge in [-0.15, -0.1) is 0 Å². The fourth-order valence-corrected chi connectivity index (χ4v) is 3.38. The van der Waals surface area contributed by atoms with Gasteiger partial charge in [0, 0.05) is 12.8 Å². The number of aliphatic hydroxyl groups is 1. The Hall–Kier alpha value is -0.610. The van der Waals surface area contributed by atoms with E-state index < -0.39 is 11.7 Å². The molecule has 0 aliphatic heterocycles. The Bertz CT molecular complexity index is 364. The molecule has 1 fully saturated rings. The number of carbonyl (C=O) groups excluding carboxylic acids is 1. The van der Waals surface area contributed by atoms with Crippen LogP contribution in [0.4, 0.5) is 0 Å². The largest absolute Gasteiger partial charge is 0.459 e. The van der Waals surface area contributed by atoms with Crippen LogP contribution in [0, 0.1) is 11.8 Å².